The molecule has 0 radical (unpaired) electrons. The molecule has 2 rings (SSSR count). The molecule has 1 aromatic carbocycles. The van der Waals surface area contributed by atoms with Crippen LogP contribution in [0.4, 0.5) is 0 Å². The number of nitrogens with zero attached hydrogens (tertiary/aromatic N) is 1. The largest absolute Gasteiger partial charge is 0.497 e. The lowest BCUT2D eigenvalue weighted by Crippen LogP contribution is -2.24. The topological polar surface area (TPSA) is 71.5 Å². The number of ether oxygens (including phenoxy) is 1. The molecule has 84 valence electrons. The van der Waals surface area contributed by atoms with Crippen molar-refractivity contribution in [2.75, 3.05) is 7.11 Å². The van der Waals surface area contributed by atoms with Crippen molar-refractivity contribution in [2.24, 2.45) is 10.7 Å². The highest BCUT2D eigenvalue weighted by Gasteiger charge is 2.23. The number of hydrogen-bond acceptors (Lipinski definition) is 4. The van der Waals surface area contributed by atoms with Crippen LogP contribution in [-0.2, 0) is 6.42 Å². The van der Waals surface area contributed by atoms with Gasteiger partial charge in [0, 0.05) is 0 Å². The van der Waals surface area contributed by atoms with Gasteiger partial charge in [0.2, 0.25) is 0 Å². The predicted molar refractivity (Wildman–Crippen MR) is 67.4 cm³/mol. The number of rotatable bonds is 3. The van der Waals surface area contributed by atoms with Gasteiger partial charge in [-0.3, -0.25) is 5.41 Å². The average Bonchev–Trinajstić information content (AvgIpc) is 2.59. The maximum absolute atomic E-state index is 7.41. The van der Waals surface area contributed by atoms with Gasteiger partial charge in [-0.05, 0) is 24.1 Å². The fourth-order valence-electron chi connectivity index (χ4n) is 1.53. The lowest BCUT2D eigenvalue weighted by atomic mass is 10.1. The summed E-state index contributed by atoms with van der Waals surface area (Å²) in [7, 11) is 1.65. The van der Waals surface area contributed by atoms with E-state index in [2.05, 4.69) is 4.99 Å². The van der Waals surface area contributed by atoms with Gasteiger partial charge in [-0.25, -0.2) is 4.99 Å². The molecule has 1 aliphatic heterocycles. The summed E-state index contributed by atoms with van der Waals surface area (Å²) >= 11 is 1.40. The molecule has 0 saturated heterocycles. The average molecular weight is 235 g/mol. The summed E-state index contributed by atoms with van der Waals surface area (Å²) in [6.07, 6.45) is 0.798. The van der Waals surface area contributed by atoms with Crippen molar-refractivity contribution in [1.82, 2.24) is 0 Å². The van der Waals surface area contributed by atoms with Crippen LogP contribution in [0.5, 0.6) is 5.75 Å². The van der Waals surface area contributed by atoms with Crippen molar-refractivity contribution in [3.63, 3.8) is 0 Å². The molecule has 0 unspecified atom stereocenters. The first-order valence-electron chi connectivity index (χ1n) is 4.91. The van der Waals surface area contributed by atoms with Gasteiger partial charge in [-0.2, -0.15) is 0 Å². The molecule has 1 aliphatic rings. The predicted octanol–water partition coefficient (Wildman–Crippen LogP) is 1.65. The molecule has 0 saturated carbocycles. The van der Waals surface area contributed by atoms with Crippen molar-refractivity contribution in [1.29, 1.82) is 5.41 Å². The molecular formula is C11H13N3OS. The molecule has 0 spiro atoms. The van der Waals surface area contributed by atoms with Gasteiger partial charge < -0.3 is 10.5 Å². The monoisotopic (exact) mass is 235 g/mol. The number of nitrogens with one attached hydrogen (secondary N) is 1. The molecule has 0 aliphatic carbocycles. The molecule has 4 nitrogen and oxygen atoms in total. The third-order valence-corrected chi connectivity index (χ3v) is 3.40. The molecule has 1 aromatic rings. The van der Waals surface area contributed by atoms with Gasteiger partial charge in [-0.15, -0.1) is 0 Å². The molecular weight excluding hydrogens is 222 g/mol. The van der Waals surface area contributed by atoms with Crippen molar-refractivity contribution in [3.8, 4) is 5.75 Å². The molecule has 0 aromatic heterocycles. The van der Waals surface area contributed by atoms with Gasteiger partial charge in [0.1, 0.15) is 11.6 Å². The van der Waals surface area contributed by atoms with Crippen LogP contribution >= 0.6 is 11.8 Å². The van der Waals surface area contributed by atoms with E-state index < -0.39 is 0 Å². The minimum absolute atomic E-state index is 0.0981. The van der Waals surface area contributed by atoms with Crippen LogP contribution in [0.2, 0.25) is 0 Å². The zero-order chi connectivity index (χ0) is 11.5. The summed E-state index contributed by atoms with van der Waals surface area (Å²) in [6, 6.07) is 7.87. The lowest BCUT2D eigenvalue weighted by Gasteiger charge is -2.08. The molecule has 16 heavy (non-hydrogen) atoms. The second kappa shape index (κ2) is 4.57. The van der Waals surface area contributed by atoms with Crippen LogP contribution in [0.25, 0.3) is 0 Å². The standard InChI is InChI=1S/C11H13N3OS/c1-15-8-4-2-7(3-5-8)6-9-10(12)14-11(13)16-9/h2-5,9H,6H2,1H3,(H3,12,13,14)/t9-/m0/s1. The van der Waals surface area contributed by atoms with Gasteiger partial charge >= 0.3 is 0 Å². The van der Waals surface area contributed by atoms with E-state index in [1.807, 2.05) is 24.3 Å². The summed E-state index contributed by atoms with van der Waals surface area (Å²) in [6.45, 7) is 0. The number of amidine groups is 2. The summed E-state index contributed by atoms with van der Waals surface area (Å²) in [4.78, 5) is 3.92. The summed E-state index contributed by atoms with van der Waals surface area (Å²) < 4.78 is 5.09. The van der Waals surface area contributed by atoms with Crippen LogP contribution in [0.15, 0.2) is 29.3 Å². The van der Waals surface area contributed by atoms with E-state index in [0.717, 1.165) is 12.2 Å². The van der Waals surface area contributed by atoms with E-state index in [1.54, 1.807) is 7.11 Å². The van der Waals surface area contributed by atoms with Crippen molar-refractivity contribution < 1.29 is 4.74 Å². The molecule has 0 amide bonds. The fraction of sp³-hybridized carbons (Fsp3) is 0.273. The second-order valence-electron chi connectivity index (χ2n) is 3.50. The number of aliphatic imine (C=N–C) groups is 1. The van der Waals surface area contributed by atoms with E-state index in [1.165, 1.54) is 17.3 Å². The third kappa shape index (κ3) is 2.36. The van der Waals surface area contributed by atoms with Crippen LogP contribution in [-0.4, -0.2) is 23.4 Å². The Balaban J connectivity index is 2.04. The van der Waals surface area contributed by atoms with Crippen LogP contribution in [0.1, 0.15) is 5.56 Å². The summed E-state index contributed by atoms with van der Waals surface area (Å²) in [5.74, 6) is 1.39. The Hall–Kier alpha value is -1.49. The first kappa shape index (κ1) is 11.0. The maximum atomic E-state index is 7.41. The fourth-order valence-corrected chi connectivity index (χ4v) is 2.41. The van der Waals surface area contributed by atoms with Gasteiger partial charge in [0.15, 0.2) is 5.17 Å². The lowest BCUT2D eigenvalue weighted by molar-refractivity contribution is 0.414. The first-order chi connectivity index (χ1) is 7.69. The second-order valence-corrected chi connectivity index (χ2v) is 4.69. The van der Waals surface area contributed by atoms with E-state index in [9.17, 15) is 0 Å². The first-order valence-corrected chi connectivity index (χ1v) is 5.79. The van der Waals surface area contributed by atoms with Gasteiger partial charge in [-0.1, -0.05) is 23.9 Å². The van der Waals surface area contributed by atoms with Gasteiger partial charge in [0.05, 0.1) is 12.4 Å². The normalized spacial score (nSPS) is 19.7. The SMILES string of the molecule is COc1ccc(C[C@@H]2SC(=N)N=C2N)cc1. The Kier molecular flexibility index (Phi) is 3.14. The molecule has 1 heterocycles. The highest BCUT2D eigenvalue weighted by atomic mass is 32.2. The number of hydrogen-bond donors (Lipinski definition) is 2. The Morgan fingerprint density at radius 3 is 2.62 bits per heavy atom. The Bertz CT molecular complexity index is 427. The molecule has 1 atom stereocenters. The van der Waals surface area contributed by atoms with Crippen molar-refractivity contribution in [3.05, 3.63) is 29.8 Å². The number of benzene rings is 1. The highest BCUT2D eigenvalue weighted by molar-refractivity contribution is 8.15. The summed E-state index contributed by atoms with van der Waals surface area (Å²) in [5.41, 5.74) is 6.91. The van der Waals surface area contributed by atoms with Crippen LogP contribution in [0, 0.1) is 5.41 Å². The molecule has 0 bridgehead atoms. The highest BCUT2D eigenvalue weighted by Crippen LogP contribution is 2.24. The third-order valence-electron chi connectivity index (χ3n) is 2.39. The summed E-state index contributed by atoms with van der Waals surface area (Å²) in [5, 5.41) is 7.81. The zero-order valence-electron chi connectivity index (χ0n) is 8.93. The quantitative estimate of drug-likeness (QED) is 0.836. The van der Waals surface area contributed by atoms with E-state index in [0.29, 0.717) is 11.0 Å². The van der Waals surface area contributed by atoms with Crippen LogP contribution < -0.4 is 10.5 Å². The number of thioether (sulfide) groups is 1. The Labute approximate surface area is 98.4 Å². The maximum Gasteiger partial charge on any atom is 0.182 e. The van der Waals surface area contributed by atoms with Crippen LogP contribution in [0.3, 0.4) is 0 Å². The van der Waals surface area contributed by atoms with Crippen molar-refractivity contribution in [2.45, 2.75) is 11.7 Å². The minimum Gasteiger partial charge on any atom is -0.497 e. The van der Waals surface area contributed by atoms with Gasteiger partial charge in [0.25, 0.3) is 0 Å². The Morgan fingerprint density at radius 1 is 1.44 bits per heavy atom. The van der Waals surface area contributed by atoms with E-state index in [4.69, 9.17) is 15.9 Å². The van der Waals surface area contributed by atoms with Crippen molar-refractivity contribution >= 4 is 22.8 Å². The Morgan fingerprint density at radius 2 is 2.12 bits per heavy atom. The smallest absolute Gasteiger partial charge is 0.182 e. The minimum atomic E-state index is 0.0981. The molecule has 5 heteroatoms. The van der Waals surface area contributed by atoms with E-state index in [-0.39, 0.29) is 5.25 Å². The molecule has 3 N–H and O–H groups in total. The number of nitrogens with two attached hydrogens (primary N) is 1. The zero-order valence-corrected chi connectivity index (χ0v) is 9.75. The molecule has 0 fully saturated rings. The van der Waals surface area contributed by atoms with E-state index >= 15 is 0 Å². The number of methoxy groups -OCH3 is 1.